The molecule has 0 bridgehead atoms. The zero-order chi connectivity index (χ0) is 32.3. The molecule has 0 aliphatic heterocycles. The van der Waals surface area contributed by atoms with Crippen LogP contribution in [0, 0.1) is 5.41 Å². The summed E-state index contributed by atoms with van der Waals surface area (Å²) >= 11 is 0. The van der Waals surface area contributed by atoms with Gasteiger partial charge in [0.1, 0.15) is 25.7 Å². The predicted octanol–water partition coefficient (Wildman–Crippen LogP) is 0.317. The van der Waals surface area contributed by atoms with Crippen LogP contribution >= 0.6 is 0 Å². The Kier molecular flexibility index (Phi) is 12.9. The number of urea groups is 1. The van der Waals surface area contributed by atoms with Crippen LogP contribution in [-0.2, 0) is 37.1 Å². The van der Waals surface area contributed by atoms with Crippen molar-refractivity contribution in [3.05, 3.63) is 18.2 Å². The molecule has 3 amide bonds. The van der Waals surface area contributed by atoms with E-state index >= 15 is 0 Å². The van der Waals surface area contributed by atoms with E-state index in [1.165, 1.54) is 17.0 Å². The summed E-state index contributed by atoms with van der Waals surface area (Å²) in [4.78, 5) is 74.1. The Balaban J connectivity index is 2.80. The van der Waals surface area contributed by atoms with Crippen molar-refractivity contribution in [2.24, 2.45) is 5.41 Å². The fourth-order valence-electron chi connectivity index (χ4n) is 4.77. The minimum Gasteiger partial charge on any atom is -0.480 e. The lowest BCUT2D eigenvalue weighted by atomic mass is 9.77. The molecule has 1 rings (SSSR count). The van der Waals surface area contributed by atoms with Gasteiger partial charge in [-0.3, -0.25) is 14.4 Å². The number of likely N-dealkylation sites (N-methyl/N-ethyl adjacent to an activating group) is 1. The van der Waals surface area contributed by atoms with E-state index in [0.29, 0.717) is 18.7 Å². The minimum atomic E-state index is -1.28. The van der Waals surface area contributed by atoms with Gasteiger partial charge in [-0.1, -0.05) is 13.8 Å². The SMILES string of the molecule is CC(C)(CC(C)(C)[N+](C)(CC(=O)O)Cc1nccn1CC(=O)O)C(=O)NCCCCC(NC(=O)NCC(=O)O)C(=O)O. The molecule has 16 heteroatoms. The van der Waals surface area contributed by atoms with Gasteiger partial charge in [0.05, 0.1) is 12.6 Å². The van der Waals surface area contributed by atoms with Gasteiger partial charge in [-0.05, 0) is 33.1 Å². The van der Waals surface area contributed by atoms with E-state index in [9.17, 15) is 44.1 Å². The fourth-order valence-corrected chi connectivity index (χ4v) is 4.77. The van der Waals surface area contributed by atoms with Gasteiger partial charge in [-0.2, -0.15) is 0 Å². The Morgan fingerprint density at radius 1 is 0.952 bits per heavy atom. The van der Waals surface area contributed by atoms with Gasteiger partial charge in [-0.25, -0.2) is 19.4 Å². The van der Waals surface area contributed by atoms with E-state index < -0.39 is 53.4 Å². The zero-order valence-electron chi connectivity index (χ0n) is 24.7. The summed E-state index contributed by atoms with van der Waals surface area (Å²) in [6, 6.07) is -2.15. The van der Waals surface area contributed by atoms with E-state index in [1.807, 2.05) is 19.2 Å². The van der Waals surface area contributed by atoms with Gasteiger partial charge < -0.3 is 45.4 Å². The first-order valence-electron chi connectivity index (χ1n) is 13.3. The first-order chi connectivity index (χ1) is 19.3. The number of carbonyl (C=O) groups is 6. The summed E-state index contributed by atoms with van der Waals surface area (Å²) in [5, 5.41) is 43.9. The number of quaternary nitrogens is 1. The van der Waals surface area contributed by atoms with Gasteiger partial charge in [0.25, 0.3) is 0 Å². The topological polar surface area (TPSA) is 237 Å². The number of aromatic nitrogens is 2. The molecule has 1 heterocycles. The number of nitrogens with one attached hydrogen (secondary N) is 3. The number of imidazole rings is 1. The highest BCUT2D eigenvalue weighted by atomic mass is 16.4. The van der Waals surface area contributed by atoms with Crippen molar-refractivity contribution in [1.29, 1.82) is 0 Å². The number of aliphatic carboxylic acids is 4. The summed E-state index contributed by atoms with van der Waals surface area (Å²) in [6.07, 6.45) is 4.06. The highest BCUT2D eigenvalue weighted by Gasteiger charge is 2.47. The Bertz CT molecular complexity index is 1150. The lowest BCUT2D eigenvalue weighted by molar-refractivity contribution is -0.963. The van der Waals surface area contributed by atoms with Crippen LogP contribution in [0.1, 0.15) is 59.2 Å². The van der Waals surface area contributed by atoms with Crippen molar-refractivity contribution in [3.63, 3.8) is 0 Å². The van der Waals surface area contributed by atoms with Crippen molar-refractivity contribution >= 4 is 35.8 Å². The molecule has 0 aliphatic rings. The number of carboxylic acid groups (broad SMARTS) is 4. The van der Waals surface area contributed by atoms with Crippen LogP contribution in [0.3, 0.4) is 0 Å². The van der Waals surface area contributed by atoms with Crippen molar-refractivity contribution in [1.82, 2.24) is 25.5 Å². The molecule has 0 saturated heterocycles. The molecule has 0 aromatic carbocycles. The number of hydrogen-bond acceptors (Lipinski definition) is 7. The van der Waals surface area contributed by atoms with E-state index in [1.54, 1.807) is 20.9 Å². The normalized spacial score (nSPS) is 13.8. The van der Waals surface area contributed by atoms with Crippen LogP contribution in [0.15, 0.2) is 12.4 Å². The van der Waals surface area contributed by atoms with Crippen LogP contribution in [0.5, 0.6) is 0 Å². The van der Waals surface area contributed by atoms with Crippen molar-refractivity contribution in [3.8, 4) is 0 Å². The standard InChI is InChI=1S/C26H42N6O10/c1-25(2,23(41)28-9-7-6-8-17(22(39)40)30-24(42)29-12-19(33)34)16-26(3,4)32(5,15-21(37)38)14-18-27-10-11-31(18)13-20(35)36/h10-11,17H,6-9,12-16H2,1-5H3,(H6-,28,29,30,33,34,35,36,37,38,39,40,41,42)/p+1. The average molecular weight is 600 g/mol. The lowest BCUT2D eigenvalue weighted by Crippen LogP contribution is -2.62. The molecule has 0 fully saturated rings. The van der Waals surface area contributed by atoms with Gasteiger partial charge >= 0.3 is 29.9 Å². The van der Waals surface area contributed by atoms with E-state index in [0.717, 1.165) is 0 Å². The maximum atomic E-state index is 13.1. The molecular weight excluding hydrogens is 556 g/mol. The third-order valence-corrected chi connectivity index (χ3v) is 7.24. The molecule has 236 valence electrons. The van der Waals surface area contributed by atoms with Crippen LogP contribution < -0.4 is 16.0 Å². The number of hydrogen-bond donors (Lipinski definition) is 7. The third-order valence-electron chi connectivity index (χ3n) is 7.24. The molecule has 1 aromatic rings. The van der Waals surface area contributed by atoms with E-state index in [2.05, 4.69) is 15.6 Å². The maximum absolute atomic E-state index is 13.1. The minimum absolute atomic E-state index is 0.0563. The van der Waals surface area contributed by atoms with Gasteiger partial charge in [-0.15, -0.1) is 0 Å². The number of unbranched alkanes of at least 4 members (excludes halogenated alkanes) is 1. The highest BCUT2D eigenvalue weighted by Crippen LogP contribution is 2.37. The molecule has 16 nitrogen and oxygen atoms in total. The number of rotatable bonds is 19. The second kappa shape index (κ2) is 15.1. The van der Waals surface area contributed by atoms with Crippen molar-refractivity contribution < 1.29 is 53.7 Å². The summed E-state index contributed by atoms with van der Waals surface area (Å²) in [6.45, 7) is 6.25. The molecular formula is C26H43N6O10+. The number of amides is 3. The average Bonchev–Trinajstić information content (AvgIpc) is 3.25. The number of carbonyl (C=O) groups excluding carboxylic acids is 2. The lowest BCUT2D eigenvalue weighted by Gasteiger charge is -2.48. The Morgan fingerprint density at radius 2 is 1.60 bits per heavy atom. The summed E-state index contributed by atoms with van der Waals surface area (Å²) < 4.78 is 1.39. The number of carboxylic acids is 4. The Morgan fingerprint density at radius 3 is 2.14 bits per heavy atom. The maximum Gasteiger partial charge on any atom is 0.359 e. The van der Waals surface area contributed by atoms with Gasteiger partial charge in [0.2, 0.25) is 5.91 Å². The first-order valence-corrected chi connectivity index (χ1v) is 13.3. The molecule has 1 aromatic heterocycles. The quantitative estimate of drug-likeness (QED) is 0.0844. The highest BCUT2D eigenvalue weighted by molar-refractivity contribution is 5.84. The molecule has 0 spiro atoms. The molecule has 7 N–H and O–H groups in total. The third kappa shape index (κ3) is 11.3. The molecule has 0 aliphatic carbocycles. The predicted molar refractivity (Wildman–Crippen MR) is 147 cm³/mol. The van der Waals surface area contributed by atoms with E-state index in [4.69, 9.17) is 5.11 Å². The molecule has 2 unspecified atom stereocenters. The molecule has 2 atom stereocenters. The zero-order valence-corrected chi connectivity index (χ0v) is 24.7. The van der Waals surface area contributed by atoms with E-state index in [-0.39, 0.29) is 49.4 Å². The molecule has 42 heavy (non-hydrogen) atoms. The largest absolute Gasteiger partial charge is 0.480 e. The van der Waals surface area contributed by atoms with Crippen LogP contribution in [0.25, 0.3) is 0 Å². The summed E-state index contributed by atoms with van der Waals surface area (Å²) in [7, 11) is 1.73. The van der Waals surface area contributed by atoms with Crippen LogP contribution in [0.2, 0.25) is 0 Å². The monoisotopic (exact) mass is 599 g/mol. The summed E-state index contributed by atoms with van der Waals surface area (Å²) in [5.74, 6) is -4.54. The van der Waals surface area contributed by atoms with Crippen molar-refractivity contribution in [2.45, 2.75) is 78.0 Å². The van der Waals surface area contributed by atoms with Crippen molar-refractivity contribution in [2.75, 3.05) is 26.7 Å². The second-order valence-electron chi connectivity index (χ2n) is 11.7. The van der Waals surface area contributed by atoms with Gasteiger partial charge in [0, 0.05) is 30.8 Å². The second-order valence-corrected chi connectivity index (χ2v) is 11.7. The number of nitrogens with zero attached hydrogens (tertiary/aromatic N) is 3. The first kappa shape index (κ1) is 35.8. The molecule has 0 radical (unpaired) electrons. The Labute approximate surface area is 243 Å². The summed E-state index contributed by atoms with van der Waals surface area (Å²) in [5.41, 5.74) is -1.72. The fraction of sp³-hybridized carbons (Fsp3) is 0.654. The smallest absolute Gasteiger partial charge is 0.359 e. The van der Waals surface area contributed by atoms with Crippen LogP contribution in [0.4, 0.5) is 4.79 Å². The van der Waals surface area contributed by atoms with Crippen LogP contribution in [-0.4, -0.2) is 109 Å². The molecule has 0 saturated carbocycles. The Hall–Kier alpha value is -4.21. The van der Waals surface area contributed by atoms with Gasteiger partial charge in [0.15, 0.2) is 12.4 Å².